The normalized spacial score (nSPS) is 24.6. The van der Waals surface area contributed by atoms with Crippen molar-refractivity contribution in [2.75, 3.05) is 31.1 Å². The first-order valence-corrected chi connectivity index (χ1v) is 13.9. The number of fused-ring (bicyclic) bond motifs is 1. The molecule has 3 aliphatic rings. The Labute approximate surface area is 229 Å². The first kappa shape index (κ1) is 27.4. The number of ether oxygens (including phenoxy) is 1. The average molecular weight is 535 g/mol. The van der Waals surface area contributed by atoms with Gasteiger partial charge in [0.05, 0.1) is 28.8 Å². The predicted molar refractivity (Wildman–Crippen MR) is 146 cm³/mol. The van der Waals surface area contributed by atoms with Gasteiger partial charge >= 0.3 is 5.97 Å². The third-order valence-corrected chi connectivity index (χ3v) is 7.90. The lowest BCUT2D eigenvalue weighted by atomic mass is 9.79. The summed E-state index contributed by atoms with van der Waals surface area (Å²) < 4.78 is 5.42. The van der Waals surface area contributed by atoms with E-state index in [0.29, 0.717) is 42.4 Å². The highest BCUT2D eigenvalue weighted by molar-refractivity contribution is 6.34. The highest BCUT2D eigenvalue weighted by Gasteiger charge is 2.39. The molecular formula is C30H38N4O5. The summed E-state index contributed by atoms with van der Waals surface area (Å²) in [5.41, 5.74) is 0.128. The number of hydrogen-bond acceptors (Lipinski definition) is 8. The van der Waals surface area contributed by atoms with E-state index in [1.54, 1.807) is 30.3 Å². The molecule has 9 nitrogen and oxygen atoms in total. The Morgan fingerprint density at radius 2 is 1.59 bits per heavy atom. The second-order valence-corrected chi connectivity index (χ2v) is 12.0. The summed E-state index contributed by atoms with van der Waals surface area (Å²) in [4.78, 5) is 48.6. The number of esters is 1. The summed E-state index contributed by atoms with van der Waals surface area (Å²) in [6.07, 6.45) is 2.99. The third kappa shape index (κ3) is 6.21. The largest absolute Gasteiger partial charge is 0.460 e. The monoisotopic (exact) mass is 534 g/mol. The van der Waals surface area contributed by atoms with E-state index < -0.39 is 11.2 Å². The van der Waals surface area contributed by atoms with Crippen molar-refractivity contribution in [2.45, 2.75) is 76.7 Å². The number of amides is 2. The van der Waals surface area contributed by atoms with Crippen molar-refractivity contribution in [3.8, 4) is 0 Å². The van der Waals surface area contributed by atoms with E-state index in [1.807, 2.05) is 32.9 Å². The Morgan fingerprint density at radius 3 is 2.18 bits per heavy atom. The molecule has 1 aliphatic carbocycles. The van der Waals surface area contributed by atoms with Crippen molar-refractivity contribution in [3.63, 3.8) is 0 Å². The number of benzene rings is 1. The van der Waals surface area contributed by atoms with Gasteiger partial charge < -0.3 is 9.84 Å². The van der Waals surface area contributed by atoms with Gasteiger partial charge in [-0.25, -0.2) is 9.88 Å². The molecule has 0 spiro atoms. The molecule has 0 radical (unpaired) electrons. The molecule has 0 unspecified atom stereocenters. The molecule has 2 fully saturated rings. The number of imide groups is 1. The number of carbonyl (C=O) groups is 3. The fourth-order valence-electron chi connectivity index (χ4n) is 5.92. The second kappa shape index (κ2) is 10.8. The highest BCUT2D eigenvalue weighted by atomic mass is 16.6. The van der Waals surface area contributed by atoms with Gasteiger partial charge in [-0.1, -0.05) is 18.2 Å². The Balaban J connectivity index is 1.11. The van der Waals surface area contributed by atoms with Crippen molar-refractivity contribution in [2.24, 2.45) is 0 Å². The minimum Gasteiger partial charge on any atom is -0.460 e. The van der Waals surface area contributed by atoms with E-state index in [-0.39, 0.29) is 24.2 Å². The van der Waals surface area contributed by atoms with Crippen LogP contribution in [0.25, 0.3) is 0 Å². The molecule has 3 heterocycles. The van der Waals surface area contributed by atoms with Crippen LogP contribution in [0.1, 0.15) is 79.3 Å². The SMILES string of the molecule is CC(C)(C)OC(=O)CC1(O)CCC(N2CCN(Cc3cccc(N4C(=O)c5ccccc5C4=O)n3)CC2)CC1. The molecule has 0 atom stereocenters. The minimum absolute atomic E-state index is 0.0531. The topological polar surface area (TPSA) is 103 Å². The van der Waals surface area contributed by atoms with Crippen molar-refractivity contribution >= 4 is 23.6 Å². The number of carbonyl (C=O) groups excluding carboxylic acids is 3. The fraction of sp³-hybridized carbons (Fsp3) is 0.533. The van der Waals surface area contributed by atoms with Crippen LogP contribution in [-0.2, 0) is 16.1 Å². The maximum atomic E-state index is 12.9. The Bertz CT molecular complexity index is 1200. The van der Waals surface area contributed by atoms with Gasteiger partial charge in [0.15, 0.2) is 0 Å². The van der Waals surface area contributed by atoms with Crippen LogP contribution in [0.3, 0.4) is 0 Å². The molecule has 9 heteroatoms. The van der Waals surface area contributed by atoms with E-state index in [2.05, 4.69) is 14.8 Å². The number of hydrogen-bond donors (Lipinski definition) is 1. The number of pyridine rings is 1. The van der Waals surface area contributed by atoms with Gasteiger partial charge in [-0.05, 0) is 70.7 Å². The Hall–Kier alpha value is -3.14. The molecule has 208 valence electrons. The molecule has 1 saturated heterocycles. The lowest BCUT2D eigenvalue weighted by Gasteiger charge is -2.44. The molecular weight excluding hydrogens is 496 g/mol. The van der Waals surface area contributed by atoms with Crippen LogP contribution >= 0.6 is 0 Å². The number of rotatable bonds is 6. The van der Waals surface area contributed by atoms with E-state index in [1.165, 1.54) is 4.90 Å². The zero-order chi connectivity index (χ0) is 27.8. The molecule has 1 aromatic heterocycles. The van der Waals surface area contributed by atoms with Crippen LogP contribution in [-0.4, -0.2) is 81.1 Å². The number of piperazine rings is 1. The molecule has 39 heavy (non-hydrogen) atoms. The summed E-state index contributed by atoms with van der Waals surface area (Å²) in [7, 11) is 0. The van der Waals surface area contributed by atoms with Crippen LogP contribution in [0.2, 0.25) is 0 Å². The maximum absolute atomic E-state index is 12.9. The van der Waals surface area contributed by atoms with E-state index in [9.17, 15) is 19.5 Å². The van der Waals surface area contributed by atoms with Gasteiger partial charge in [0, 0.05) is 38.8 Å². The molecule has 1 saturated carbocycles. The quantitative estimate of drug-likeness (QED) is 0.444. The maximum Gasteiger partial charge on any atom is 0.309 e. The molecule has 1 aromatic carbocycles. The second-order valence-electron chi connectivity index (χ2n) is 12.0. The third-order valence-electron chi connectivity index (χ3n) is 7.90. The lowest BCUT2D eigenvalue weighted by Crippen LogP contribution is -2.52. The van der Waals surface area contributed by atoms with E-state index >= 15 is 0 Å². The van der Waals surface area contributed by atoms with Gasteiger partial charge in [0.25, 0.3) is 11.8 Å². The van der Waals surface area contributed by atoms with Gasteiger partial charge in [-0.2, -0.15) is 0 Å². The number of anilines is 1. The van der Waals surface area contributed by atoms with Crippen LogP contribution in [0, 0.1) is 0 Å². The summed E-state index contributed by atoms with van der Waals surface area (Å²) in [5, 5.41) is 11.0. The standard InChI is InChI=1S/C30H38N4O5/c1-29(2,3)39-26(35)19-30(38)13-11-22(12-14-30)33-17-15-32(16-18-33)20-21-7-6-10-25(31-21)34-27(36)23-8-4-5-9-24(23)28(34)37/h4-10,22,38H,11-20H2,1-3H3. The Morgan fingerprint density at radius 1 is 0.974 bits per heavy atom. The minimum atomic E-state index is -0.975. The fourth-order valence-corrected chi connectivity index (χ4v) is 5.92. The van der Waals surface area contributed by atoms with Crippen molar-refractivity contribution in [1.29, 1.82) is 0 Å². The van der Waals surface area contributed by atoms with Gasteiger partial charge in [0.2, 0.25) is 0 Å². The van der Waals surface area contributed by atoms with Gasteiger partial charge in [-0.3, -0.25) is 24.2 Å². The van der Waals surface area contributed by atoms with Crippen molar-refractivity contribution in [1.82, 2.24) is 14.8 Å². The van der Waals surface area contributed by atoms with Gasteiger partial charge in [0.1, 0.15) is 11.4 Å². The average Bonchev–Trinajstić information content (AvgIpc) is 3.14. The number of aliphatic hydroxyl groups is 1. The molecule has 2 aromatic rings. The van der Waals surface area contributed by atoms with Crippen LogP contribution < -0.4 is 4.90 Å². The zero-order valence-electron chi connectivity index (χ0n) is 23.1. The van der Waals surface area contributed by atoms with E-state index in [4.69, 9.17) is 4.74 Å². The summed E-state index contributed by atoms with van der Waals surface area (Å²) in [6.45, 7) is 9.79. The number of nitrogens with zero attached hydrogens (tertiary/aromatic N) is 4. The first-order chi connectivity index (χ1) is 18.5. The van der Waals surface area contributed by atoms with Crippen LogP contribution in [0.15, 0.2) is 42.5 Å². The lowest BCUT2D eigenvalue weighted by molar-refractivity contribution is -0.162. The van der Waals surface area contributed by atoms with Gasteiger partial charge in [-0.15, -0.1) is 0 Å². The molecule has 5 rings (SSSR count). The molecule has 1 N–H and O–H groups in total. The predicted octanol–water partition coefficient (Wildman–Crippen LogP) is 3.41. The van der Waals surface area contributed by atoms with Crippen LogP contribution in [0.5, 0.6) is 0 Å². The van der Waals surface area contributed by atoms with Crippen molar-refractivity contribution in [3.05, 3.63) is 59.3 Å². The molecule has 0 bridgehead atoms. The summed E-state index contributed by atoms with van der Waals surface area (Å²) in [5.74, 6) is -0.644. The van der Waals surface area contributed by atoms with Crippen LogP contribution in [0.4, 0.5) is 5.82 Å². The van der Waals surface area contributed by atoms with E-state index in [0.717, 1.165) is 44.7 Å². The number of aromatic nitrogens is 1. The summed E-state index contributed by atoms with van der Waals surface area (Å²) in [6, 6.07) is 12.7. The highest BCUT2D eigenvalue weighted by Crippen LogP contribution is 2.34. The smallest absolute Gasteiger partial charge is 0.309 e. The van der Waals surface area contributed by atoms with Crippen molar-refractivity contribution < 1.29 is 24.2 Å². The molecule has 2 aliphatic heterocycles. The molecule has 2 amide bonds. The first-order valence-electron chi connectivity index (χ1n) is 13.9. The zero-order valence-corrected chi connectivity index (χ0v) is 23.1. The Kier molecular flexibility index (Phi) is 7.59. The summed E-state index contributed by atoms with van der Waals surface area (Å²) >= 11 is 0.